The van der Waals surface area contributed by atoms with Crippen molar-refractivity contribution in [3.63, 3.8) is 0 Å². The van der Waals surface area contributed by atoms with E-state index in [1.54, 1.807) is 19.2 Å². The van der Waals surface area contributed by atoms with E-state index < -0.39 is 10.0 Å². The summed E-state index contributed by atoms with van der Waals surface area (Å²) in [4.78, 5) is 0.255. The zero-order chi connectivity index (χ0) is 17.9. The first-order valence-electron chi connectivity index (χ1n) is 8.08. The van der Waals surface area contributed by atoms with E-state index in [4.69, 9.17) is 4.74 Å². The molecule has 25 heavy (non-hydrogen) atoms. The van der Waals surface area contributed by atoms with Crippen molar-refractivity contribution >= 4 is 20.8 Å². The third kappa shape index (κ3) is 3.90. The summed E-state index contributed by atoms with van der Waals surface area (Å²) in [6.07, 6.45) is -0.337. The highest BCUT2D eigenvalue weighted by Gasteiger charge is 2.19. The van der Waals surface area contributed by atoms with Gasteiger partial charge < -0.3 is 4.74 Å². The first kappa shape index (κ1) is 17.6. The van der Waals surface area contributed by atoms with Gasteiger partial charge >= 0.3 is 0 Å². The van der Waals surface area contributed by atoms with Crippen LogP contribution in [-0.4, -0.2) is 22.1 Å². The smallest absolute Gasteiger partial charge is 0.240 e. The quantitative estimate of drug-likeness (QED) is 0.731. The third-order valence-corrected chi connectivity index (χ3v) is 5.73. The van der Waals surface area contributed by atoms with Gasteiger partial charge in [0.1, 0.15) is 0 Å². The summed E-state index contributed by atoms with van der Waals surface area (Å²) in [7, 11) is -2.02. The molecule has 1 atom stereocenters. The molecule has 0 aromatic heterocycles. The second-order valence-electron chi connectivity index (χ2n) is 5.94. The number of rotatable bonds is 6. The van der Waals surface area contributed by atoms with E-state index in [1.165, 1.54) is 0 Å². The molecule has 0 aliphatic carbocycles. The molecule has 0 spiro atoms. The molecule has 1 N–H and O–H groups in total. The molecule has 130 valence electrons. The minimum atomic E-state index is -3.61. The number of hydrogen-bond donors (Lipinski definition) is 1. The summed E-state index contributed by atoms with van der Waals surface area (Å²) in [6, 6.07) is 20.6. The van der Waals surface area contributed by atoms with E-state index in [9.17, 15) is 8.42 Å². The lowest BCUT2D eigenvalue weighted by Crippen LogP contribution is -2.29. The maximum absolute atomic E-state index is 12.6. The average Bonchev–Trinajstić information content (AvgIpc) is 2.63. The summed E-state index contributed by atoms with van der Waals surface area (Å²) in [5, 5.41) is 1.91. The molecular formula is C20H21NO3S. The predicted octanol–water partition coefficient (Wildman–Crippen LogP) is 3.81. The van der Waals surface area contributed by atoms with E-state index >= 15 is 0 Å². The molecule has 0 radical (unpaired) electrons. The number of methoxy groups -OCH3 is 1. The topological polar surface area (TPSA) is 55.4 Å². The number of hydrogen-bond acceptors (Lipinski definition) is 3. The predicted molar refractivity (Wildman–Crippen MR) is 100 cm³/mol. The fourth-order valence-corrected chi connectivity index (χ4v) is 3.94. The van der Waals surface area contributed by atoms with Crippen LogP contribution in [0.5, 0.6) is 0 Å². The average molecular weight is 355 g/mol. The van der Waals surface area contributed by atoms with E-state index in [1.807, 2.05) is 61.5 Å². The molecule has 4 nitrogen and oxygen atoms in total. The molecule has 0 saturated heterocycles. The van der Waals surface area contributed by atoms with E-state index in [0.29, 0.717) is 0 Å². The Bertz CT molecular complexity index is 983. The van der Waals surface area contributed by atoms with Gasteiger partial charge in [0.15, 0.2) is 0 Å². The number of sulfonamides is 1. The Labute approximate surface area is 148 Å². The Kier molecular flexibility index (Phi) is 5.18. The van der Waals surface area contributed by atoms with Gasteiger partial charge in [0.2, 0.25) is 10.0 Å². The summed E-state index contributed by atoms with van der Waals surface area (Å²) >= 11 is 0. The van der Waals surface area contributed by atoms with Crippen molar-refractivity contribution in [3.05, 3.63) is 77.9 Å². The molecule has 0 aliphatic heterocycles. The number of ether oxygens (including phenoxy) is 1. The van der Waals surface area contributed by atoms with Crippen LogP contribution in [0.2, 0.25) is 0 Å². The van der Waals surface area contributed by atoms with Gasteiger partial charge in [-0.15, -0.1) is 0 Å². The second kappa shape index (κ2) is 7.35. The van der Waals surface area contributed by atoms with E-state index in [0.717, 1.165) is 21.9 Å². The van der Waals surface area contributed by atoms with Crippen LogP contribution < -0.4 is 4.72 Å². The van der Waals surface area contributed by atoms with Gasteiger partial charge in [0.25, 0.3) is 0 Å². The van der Waals surface area contributed by atoms with E-state index in [-0.39, 0.29) is 17.5 Å². The van der Waals surface area contributed by atoms with Gasteiger partial charge in [-0.1, -0.05) is 54.6 Å². The van der Waals surface area contributed by atoms with Crippen LogP contribution in [-0.2, 0) is 14.8 Å². The summed E-state index contributed by atoms with van der Waals surface area (Å²) in [6.45, 7) is 2.16. The van der Waals surface area contributed by atoms with Crippen LogP contribution in [0.4, 0.5) is 0 Å². The summed E-state index contributed by atoms with van der Waals surface area (Å²) in [5.74, 6) is 0. The first-order valence-corrected chi connectivity index (χ1v) is 9.56. The van der Waals surface area contributed by atoms with Crippen molar-refractivity contribution in [2.75, 3.05) is 13.7 Å². The van der Waals surface area contributed by atoms with Crippen molar-refractivity contribution in [2.45, 2.75) is 17.9 Å². The van der Waals surface area contributed by atoms with Crippen molar-refractivity contribution in [3.8, 4) is 0 Å². The van der Waals surface area contributed by atoms with Gasteiger partial charge in [-0.2, -0.15) is 0 Å². The lowest BCUT2D eigenvalue weighted by Gasteiger charge is -2.18. The molecule has 5 heteroatoms. The second-order valence-corrected chi connectivity index (χ2v) is 7.71. The third-order valence-electron chi connectivity index (χ3n) is 4.31. The highest BCUT2D eigenvalue weighted by atomic mass is 32.2. The first-order chi connectivity index (χ1) is 12.0. The van der Waals surface area contributed by atoms with Gasteiger partial charge in [-0.3, -0.25) is 0 Å². The Hall–Kier alpha value is -2.21. The summed E-state index contributed by atoms with van der Waals surface area (Å²) < 4.78 is 33.4. The molecule has 0 aliphatic rings. The summed E-state index contributed by atoms with van der Waals surface area (Å²) in [5.41, 5.74) is 2.05. The fraction of sp³-hybridized carbons (Fsp3) is 0.200. The molecule has 0 amide bonds. The lowest BCUT2D eigenvalue weighted by atomic mass is 10.0. The van der Waals surface area contributed by atoms with Gasteiger partial charge in [0.05, 0.1) is 11.0 Å². The van der Waals surface area contributed by atoms with Crippen molar-refractivity contribution in [1.82, 2.24) is 4.72 Å². The molecule has 0 fully saturated rings. The highest BCUT2D eigenvalue weighted by Crippen LogP contribution is 2.22. The van der Waals surface area contributed by atoms with Gasteiger partial charge in [-0.25, -0.2) is 13.1 Å². The number of fused-ring (bicyclic) bond motifs is 1. The molecule has 3 rings (SSSR count). The Morgan fingerprint density at radius 1 is 0.960 bits per heavy atom. The molecule has 0 saturated carbocycles. The largest absolute Gasteiger partial charge is 0.375 e. The molecule has 3 aromatic carbocycles. The molecule has 3 aromatic rings. The minimum absolute atomic E-state index is 0.177. The lowest BCUT2D eigenvalue weighted by molar-refractivity contribution is 0.107. The number of aryl methyl sites for hydroxylation is 1. The van der Waals surface area contributed by atoms with Crippen LogP contribution in [0.15, 0.2) is 71.6 Å². The fourth-order valence-electron chi connectivity index (χ4n) is 2.87. The Morgan fingerprint density at radius 3 is 2.36 bits per heavy atom. The van der Waals surface area contributed by atoms with E-state index in [2.05, 4.69) is 4.72 Å². The van der Waals surface area contributed by atoms with Crippen LogP contribution >= 0.6 is 0 Å². The minimum Gasteiger partial charge on any atom is -0.375 e. The van der Waals surface area contributed by atoms with Crippen LogP contribution in [0.1, 0.15) is 17.2 Å². The normalized spacial score (nSPS) is 13.0. The van der Waals surface area contributed by atoms with Crippen LogP contribution in [0.3, 0.4) is 0 Å². The molecule has 0 heterocycles. The Morgan fingerprint density at radius 2 is 1.64 bits per heavy atom. The zero-order valence-electron chi connectivity index (χ0n) is 14.3. The number of nitrogens with one attached hydrogen (secondary N) is 1. The zero-order valence-corrected chi connectivity index (χ0v) is 15.1. The Balaban J connectivity index is 1.81. The van der Waals surface area contributed by atoms with Crippen LogP contribution in [0.25, 0.3) is 10.8 Å². The van der Waals surface area contributed by atoms with Gasteiger partial charge in [0, 0.05) is 13.7 Å². The molecular weight excluding hydrogens is 334 g/mol. The van der Waals surface area contributed by atoms with Crippen molar-refractivity contribution in [1.29, 1.82) is 0 Å². The highest BCUT2D eigenvalue weighted by molar-refractivity contribution is 7.89. The van der Waals surface area contributed by atoms with Crippen LogP contribution in [0, 0.1) is 6.92 Å². The maximum atomic E-state index is 12.6. The van der Waals surface area contributed by atoms with Crippen molar-refractivity contribution in [2.24, 2.45) is 0 Å². The van der Waals surface area contributed by atoms with Gasteiger partial charge in [-0.05, 0) is 41.0 Å². The van der Waals surface area contributed by atoms with Crippen molar-refractivity contribution < 1.29 is 13.2 Å². The molecule has 1 unspecified atom stereocenters. The standard InChI is InChI=1S/C20H21NO3S/c1-15-7-3-6-10-19(15)20(24-2)14-21-25(22,23)18-12-11-16-8-4-5-9-17(16)13-18/h3-13,20-21H,14H2,1-2H3. The SMILES string of the molecule is COC(CNS(=O)(=O)c1ccc2ccccc2c1)c1ccccc1C. The maximum Gasteiger partial charge on any atom is 0.240 e. The molecule has 0 bridgehead atoms. The monoisotopic (exact) mass is 355 g/mol. The number of benzene rings is 3.